The predicted octanol–water partition coefficient (Wildman–Crippen LogP) is 2.03. The van der Waals surface area contributed by atoms with Crippen LogP contribution >= 0.6 is 0 Å². The lowest BCUT2D eigenvalue weighted by molar-refractivity contribution is 0.432. The third-order valence-electron chi connectivity index (χ3n) is 2.94. The number of aryl methyl sites for hydroxylation is 2. The van der Waals surface area contributed by atoms with E-state index >= 15 is 0 Å². The molecule has 6 nitrogen and oxygen atoms in total. The lowest BCUT2D eigenvalue weighted by atomic mass is 10.1. The van der Waals surface area contributed by atoms with Gasteiger partial charge in [0, 0.05) is 18.9 Å². The van der Waals surface area contributed by atoms with Crippen molar-refractivity contribution >= 4 is 5.69 Å². The third kappa shape index (κ3) is 1.97. The smallest absolute Gasteiger partial charge is 0.260 e. The van der Waals surface area contributed by atoms with Gasteiger partial charge in [-0.05, 0) is 18.6 Å². The van der Waals surface area contributed by atoms with Crippen molar-refractivity contribution in [1.29, 1.82) is 0 Å². The van der Waals surface area contributed by atoms with Gasteiger partial charge in [0.15, 0.2) is 0 Å². The number of benzene rings is 1. The van der Waals surface area contributed by atoms with E-state index in [0.717, 1.165) is 16.7 Å². The molecule has 0 aliphatic rings. The van der Waals surface area contributed by atoms with E-state index in [-0.39, 0.29) is 0 Å². The Bertz CT molecular complexity index is 728. The van der Waals surface area contributed by atoms with Crippen LogP contribution in [0.4, 0.5) is 5.69 Å². The van der Waals surface area contributed by atoms with Crippen molar-refractivity contribution in [2.24, 2.45) is 7.05 Å². The summed E-state index contributed by atoms with van der Waals surface area (Å²) in [7, 11) is 1.84. The van der Waals surface area contributed by atoms with Gasteiger partial charge in [0.25, 0.3) is 5.89 Å². The zero-order chi connectivity index (χ0) is 13.4. The molecule has 19 heavy (non-hydrogen) atoms. The average Bonchev–Trinajstić information content (AvgIpc) is 3.01. The minimum atomic E-state index is 0.417. The summed E-state index contributed by atoms with van der Waals surface area (Å²) in [5, 5.41) is 8.03. The Morgan fingerprint density at radius 1 is 1.32 bits per heavy atom. The number of nitrogens with zero attached hydrogens (tertiary/aromatic N) is 4. The van der Waals surface area contributed by atoms with Gasteiger partial charge < -0.3 is 10.3 Å². The van der Waals surface area contributed by atoms with Crippen molar-refractivity contribution in [3.05, 3.63) is 36.2 Å². The van der Waals surface area contributed by atoms with Crippen LogP contribution in [0.5, 0.6) is 0 Å². The first-order valence-electron chi connectivity index (χ1n) is 5.83. The maximum Gasteiger partial charge on any atom is 0.260 e. The highest BCUT2D eigenvalue weighted by atomic mass is 16.5. The minimum Gasteiger partial charge on any atom is -0.398 e. The topological polar surface area (TPSA) is 82.8 Å². The van der Waals surface area contributed by atoms with Gasteiger partial charge in [-0.2, -0.15) is 10.1 Å². The molecular formula is C13H13N5O. The number of nitrogens with two attached hydrogens (primary N) is 1. The second-order valence-corrected chi connectivity index (χ2v) is 4.36. The van der Waals surface area contributed by atoms with Crippen LogP contribution in [0.25, 0.3) is 22.8 Å². The van der Waals surface area contributed by atoms with Crippen LogP contribution in [0.2, 0.25) is 0 Å². The third-order valence-corrected chi connectivity index (χ3v) is 2.94. The van der Waals surface area contributed by atoms with E-state index in [9.17, 15) is 0 Å². The van der Waals surface area contributed by atoms with Gasteiger partial charge in [-0.1, -0.05) is 17.3 Å². The summed E-state index contributed by atoms with van der Waals surface area (Å²) in [4.78, 5) is 4.35. The van der Waals surface area contributed by atoms with Crippen molar-refractivity contribution in [1.82, 2.24) is 19.9 Å². The molecule has 2 heterocycles. The van der Waals surface area contributed by atoms with Crippen LogP contribution in [0.3, 0.4) is 0 Å². The zero-order valence-electron chi connectivity index (χ0n) is 10.7. The maximum atomic E-state index is 6.02. The molecule has 2 aromatic heterocycles. The van der Waals surface area contributed by atoms with E-state index in [2.05, 4.69) is 15.2 Å². The first-order valence-corrected chi connectivity index (χ1v) is 5.83. The van der Waals surface area contributed by atoms with E-state index < -0.39 is 0 Å². The monoisotopic (exact) mass is 255 g/mol. The number of rotatable bonds is 2. The molecule has 0 saturated carbocycles. The summed E-state index contributed by atoms with van der Waals surface area (Å²) in [6.07, 6.45) is 3.52. The van der Waals surface area contributed by atoms with Crippen molar-refractivity contribution in [2.45, 2.75) is 6.92 Å². The molecular weight excluding hydrogens is 242 g/mol. The second-order valence-electron chi connectivity index (χ2n) is 4.36. The fourth-order valence-corrected chi connectivity index (χ4v) is 1.85. The van der Waals surface area contributed by atoms with Crippen molar-refractivity contribution in [3.8, 4) is 22.8 Å². The fourth-order valence-electron chi connectivity index (χ4n) is 1.85. The Labute approximate surface area is 109 Å². The summed E-state index contributed by atoms with van der Waals surface area (Å²) in [5.41, 5.74) is 9.23. The molecule has 0 radical (unpaired) electrons. The minimum absolute atomic E-state index is 0.417. The molecule has 0 fully saturated rings. The Balaban J connectivity index is 2.04. The van der Waals surface area contributed by atoms with Gasteiger partial charge in [-0.3, -0.25) is 4.68 Å². The van der Waals surface area contributed by atoms with Gasteiger partial charge in [-0.15, -0.1) is 0 Å². The number of hydrogen-bond donors (Lipinski definition) is 1. The molecule has 96 valence electrons. The standard InChI is InChI=1S/C13H13N5O/c1-8-4-3-5-10(11(8)14)13-16-12(17-19-13)9-6-15-18(2)7-9/h3-7H,14H2,1-2H3. The second kappa shape index (κ2) is 4.24. The summed E-state index contributed by atoms with van der Waals surface area (Å²) in [6.45, 7) is 1.94. The van der Waals surface area contributed by atoms with Gasteiger partial charge in [0.05, 0.1) is 17.3 Å². The quantitative estimate of drug-likeness (QED) is 0.708. The van der Waals surface area contributed by atoms with Gasteiger partial charge in [0.2, 0.25) is 5.82 Å². The first kappa shape index (κ1) is 11.5. The Hall–Kier alpha value is -2.63. The Kier molecular flexibility index (Phi) is 2.56. The molecule has 6 heteroatoms. The SMILES string of the molecule is Cc1cccc(-c2nc(-c3cnn(C)c3)no2)c1N. The molecule has 3 aromatic rings. The molecule has 0 unspecified atom stereocenters. The lowest BCUT2D eigenvalue weighted by Crippen LogP contribution is -1.93. The summed E-state index contributed by atoms with van der Waals surface area (Å²) >= 11 is 0. The van der Waals surface area contributed by atoms with Gasteiger partial charge >= 0.3 is 0 Å². The zero-order valence-corrected chi connectivity index (χ0v) is 10.7. The summed E-state index contributed by atoms with van der Waals surface area (Å²) in [6, 6.07) is 5.72. The summed E-state index contributed by atoms with van der Waals surface area (Å²) in [5.74, 6) is 0.920. The van der Waals surface area contributed by atoms with Gasteiger partial charge in [-0.25, -0.2) is 0 Å². The molecule has 0 saturated heterocycles. The van der Waals surface area contributed by atoms with Crippen molar-refractivity contribution < 1.29 is 4.52 Å². The van der Waals surface area contributed by atoms with Crippen LogP contribution in [-0.2, 0) is 7.05 Å². The van der Waals surface area contributed by atoms with Crippen LogP contribution < -0.4 is 5.73 Å². The van der Waals surface area contributed by atoms with E-state index in [1.54, 1.807) is 10.9 Å². The van der Waals surface area contributed by atoms with Crippen molar-refractivity contribution in [3.63, 3.8) is 0 Å². The van der Waals surface area contributed by atoms with Gasteiger partial charge in [0.1, 0.15) is 0 Å². The van der Waals surface area contributed by atoms with E-state index in [0.29, 0.717) is 17.4 Å². The Morgan fingerprint density at radius 2 is 2.16 bits per heavy atom. The normalized spacial score (nSPS) is 10.8. The number of hydrogen-bond acceptors (Lipinski definition) is 5. The Morgan fingerprint density at radius 3 is 2.89 bits per heavy atom. The highest BCUT2D eigenvalue weighted by molar-refractivity contribution is 5.73. The molecule has 0 amide bonds. The molecule has 0 bridgehead atoms. The van der Waals surface area contributed by atoms with Crippen molar-refractivity contribution in [2.75, 3.05) is 5.73 Å². The fraction of sp³-hybridized carbons (Fsp3) is 0.154. The molecule has 0 aliphatic heterocycles. The van der Waals surface area contributed by atoms with Crippen LogP contribution in [0.15, 0.2) is 35.1 Å². The lowest BCUT2D eigenvalue weighted by Gasteiger charge is -2.02. The van der Waals surface area contributed by atoms with Crippen LogP contribution in [-0.4, -0.2) is 19.9 Å². The molecule has 1 aromatic carbocycles. The number of para-hydroxylation sites is 1. The maximum absolute atomic E-state index is 6.02. The van der Waals surface area contributed by atoms with E-state index in [1.807, 2.05) is 38.4 Å². The summed E-state index contributed by atoms with van der Waals surface area (Å²) < 4.78 is 6.96. The molecule has 0 aliphatic carbocycles. The van der Waals surface area contributed by atoms with Crippen LogP contribution in [0, 0.1) is 6.92 Å². The number of aromatic nitrogens is 4. The van der Waals surface area contributed by atoms with E-state index in [1.165, 1.54) is 0 Å². The molecule has 3 rings (SSSR count). The predicted molar refractivity (Wildman–Crippen MR) is 71.1 cm³/mol. The highest BCUT2D eigenvalue weighted by Crippen LogP contribution is 2.28. The molecule has 0 atom stereocenters. The van der Waals surface area contributed by atoms with E-state index in [4.69, 9.17) is 10.3 Å². The highest BCUT2D eigenvalue weighted by Gasteiger charge is 2.14. The first-order chi connectivity index (χ1) is 9.15. The molecule has 2 N–H and O–H groups in total. The van der Waals surface area contributed by atoms with Crippen LogP contribution in [0.1, 0.15) is 5.56 Å². The largest absolute Gasteiger partial charge is 0.398 e. The number of nitrogen functional groups attached to an aromatic ring is 1. The molecule has 0 spiro atoms. The average molecular weight is 255 g/mol. The number of anilines is 1.